The number of thioether (sulfide) groups is 1. The number of nitrogens with zero attached hydrogens (tertiary/aromatic N) is 1. The molecule has 0 bridgehead atoms. The van der Waals surface area contributed by atoms with E-state index >= 15 is 0 Å². The fourth-order valence-electron chi connectivity index (χ4n) is 3.93. The molecule has 9 nitrogen and oxygen atoms in total. The van der Waals surface area contributed by atoms with E-state index in [0.29, 0.717) is 33.9 Å². The van der Waals surface area contributed by atoms with Crippen LogP contribution in [0.25, 0.3) is 6.08 Å². The number of rotatable bonds is 11. The largest absolute Gasteiger partial charge is 0.325 e. The molecule has 4 rings (SSSR count). The molecule has 0 aromatic heterocycles. The van der Waals surface area contributed by atoms with Crippen LogP contribution in [0, 0.1) is 10.1 Å². The molecule has 0 heterocycles. The predicted octanol–water partition coefficient (Wildman–Crippen LogP) is 7.17. The van der Waals surface area contributed by atoms with E-state index in [0.717, 1.165) is 4.90 Å². The average molecular weight is 615 g/mol. The number of carbonyl (C=O) groups excluding carboxylic acids is 3. The van der Waals surface area contributed by atoms with Gasteiger partial charge in [0.05, 0.1) is 10.2 Å². The molecule has 43 heavy (non-hydrogen) atoms. The lowest BCUT2D eigenvalue weighted by atomic mass is 10.1. The third kappa shape index (κ3) is 9.03. The number of nitro benzene ring substituents is 1. The van der Waals surface area contributed by atoms with Crippen molar-refractivity contribution < 1.29 is 19.3 Å². The van der Waals surface area contributed by atoms with Crippen molar-refractivity contribution in [2.45, 2.75) is 23.5 Å². The number of non-ortho nitro benzene ring substituents is 1. The number of nitrogens with one attached hydrogen (secondary N) is 3. The molecular formula is C32H27ClN4O5S. The molecule has 0 aliphatic heterocycles. The fraction of sp³-hybridized carbons (Fsp3) is 0.0938. The van der Waals surface area contributed by atoms with Crippen LogP contribution in [0.3, 0.4) is 0 Å². The summed E-state index contributed by atoms with van der Waals surface area (Å²) in [5.74, 6) is -1.25. The third-order valence-electron chi connectivity index (χ3n) is 6.07. The standard InChI is InChI=1S/C32H27ClN4O5S/c1-2-29(32(40)34-24-14-16-26(17-15-24)37(41)42)43-27-13-7-12-25(20-27)35-31(39)28(19-21-8-6-11-23(33)18-21)36-30(38)22-9-4-3-5-10-22/h3-20,29H,2H2,1H3,(H,34,40)(H,35,39)(H,36,38)/b28-19-. The number of nitro groups is 1. The highest BCUT2D eigenvalue weighted by atomic mass is 35.5. The van der Waals surface area contributed by atoms with Gasteiger partial charge in [-0.3, -0.25) is 24.5 Å². The Hall–Kier alpha value is -4.93. The molecular weight excluding hydrogens is 588 g/mol. The molecule has 0 saturated heterocycles. The topological polar surface area (TPSA) is 130 Å². The summed E-state index contributed by atoms with van der Waals surface area (Å²) in [6.07, 6.45) is 2.05. The van der Waals surface area contributed by atoms with Crippen LogP contribution in [0.1, 0.15) is 29.3 Å². The Morgan fingerprint density at radius 1 is 0.884 bits per heavy atom. The molecule has 4 aromatic rings. The monoisotopic (exact) mass is 614 g/mol. The van der Waals surface area contributed by atoms with Gasteiger partial charge in [-0.15, -0.1) is 11.8 Å². The van der Waals surface area contributed by atoms with Crippen molar-refractivity contribution in [1.29, 1.82) is 0 Å². The van der Waals surface area contributed by atoms with Crippen molar-refractivity contribution in [2.24, 2.45) is 0 Å². The first-order chi connectivity index (χ1) is 20.7. The molecule has 0 aliphatic rings. The van der Waals surface area contributed by atoms with Crippen molar-refractivity contribution in [3.8, 4) is 0 Å². The van der Waals surface area contributed by atoms with Gasteiger partial charge >= 0.3 is 0 Å². The van der Waals surface area contributed by atoms with E-state index in [1.807, 2.05) is 13.0 Å². The maximum atomic E-state index is 13.4. The summed E-state index contributed by atoms with van der Waals surface area (Å²) < 4.78 is 0. The number of carbonyl (C=O) groups is 3. The summed E-state index contributed by atoms with van der Waals surface area (Å²) >= 11 is 7.44. The molecule has 1 atom stereocenters. The summed E-state index contributed by atoms with van der Waals surface area (Å²) in [6.45, 7) is 1.88. The zero-order valence-corrected chi connectivity index (χ0v) is 24.5. The highest BCUT2D eigenvalue weighted by molar-refractivity contribution is 8.00. The minimum absolute atomic E-state index is 0.0167. The van der Waals surface area contributed by atoms with Gasteiger partial charge in [-0.2, -0.15) is 0 Å². The Balaban J connectivity index is 1.48. The molecule has 11 heteroatoms. The summed E-state index contributed by atoms with van der Waals surface area (Å²) in [7, 11) is 0. The highest BCUT2D eigenvalue weighted by Gasteiger charge is 2.20. The Bertz CT molecular complexity index is 1660. The van der Waals surface area contributed by atoms with Gasteiger partial charge < -0.3 is 16.0 Å². The van der Waals surface area contributed by atoms with Crippen LogP contribution >= 0.6 is 23.4 Å². The third-order valence-corrected chi connectivity index (χ3v) is 7.66. The van der Waals surface area contributed by atoms with Crippen molar-refractivity contribution in [1.82, 2.24) is 5.32 Å². The second kappa shape index (κ2) is 14.8. The number of halogens is 1. The number of hydrogen-bond donors (Lipinski definition) is 3. The summed E-state index contributed by atoms with van der Waals surface area (Å²) in [5.41, 5.74) is 1.88. The second-order valence-electron chi connectivity index (χ2n) is 9.22. The van der Waals surface area contributed by atoms with Gasteiger partial charge in [-0.1, -0.05) is 54.9 Å². The Kier molecular flexibility index (Phi) is 10.7. The number of hydrogen-bond acceptors (Lipinski definition) is 6. The van der Waals surface area contributed by atoms with Crippen molar-refractivity contribution in [3.05, 3.63) is 135 Å². The first kappa shape index (κ1) is 31.0. The quantitative estimate of drug-likeness (QED) is 0.0711. The zero-order valence-electron chi connectivity index (χ0n) is 23.0. The molecule has 0 aliphatic carbocycles. The van der Waals surface area contributed by atoms with Crippen LogP contribution in [0.5, 0.6) is 0 Å². The number of amides is 3. The molecule has 4 aromatic carbocycles. The van der Waals surface area contributed by atoms with Crippen LogP contribution in [0.4, 0.5) is 17.1 Å². The molecule has 0 spiro atoms. The lowest BCUT2D eigenvalue weighted by Crippen LogP contribution is -2.30. The predicted molar refractivity (Wildman–Crippen MR) is 170 cm³/mol. The Morgan fingerprint density at radius 3 is 2.28 bits per heavy atom. The van der Waals surface area contributed by atoms with Crippen molar-refractivity contribution in [3.63, 3.8) is 0 Å². The number of anilines is 2. The highest BCUT2D eigenvalue weighted by Crippen LogP contribution is 2.29. The van der Waals surface area contributed by atoms with E-state index in [1.165, 1.54) is 42.1 Å². The smallest absolute Gasteiger partial charge is 0.272 e. The van der Waals surface area contributed by atoms with Crippen molar-refractivity contribution >= 4 is 64.2 Å². The molecule has 3 amide bonds. The summed E-state index contributed by atoms with van der Waals surface area (Å²) in [5, 5.41) is 19.2. The SMILES string of the molecule is CCC(Sc1cccc(NC(=O)/C(=C/c2cccc(Cl)c2)NC(=O)c2ccccc2)c1)C(=O)Nc1ccc([N+](=O)[O-])cc1. The summed E-state index contributed by atoms with van der Waals surface area (Å²) in [4.78, 5) is 50.3. The first-order valence-corrected chi connectivity index (χ1v) is 14.4. The van der Waals surface area contributed by atoms with E-state index in [4.69, 9.17) is 11.6 Å². The summed E-state index contributed by atoms with van der Waals surface area (Å²) in [6, 6.07) is 28.1. The number of benzene rings is 4. The zero-order chi connectivity index (χ0) is 30.8. The van der Waals surface area contributed by atoms with Gasteiger partial charge in [0.15, 0.2) is 0 Å². The van der Waals surface area contributed by atoms with Gasteiger partial charge in [-0.05, 0) is 72.7 Å². The normalized spacial score (nSPS) is 11.7. The van der Waals surface area contributed by atoms with E-state index < -0.39 is 22.0 Å². The molecule has 0 fully saturated rings. The molecule has 218 valence electrons. The molecule has 1 unspecified atom stereocenters. The maximum Gasteiger partial charge on any atom is 0.272 e. The van der Waals surface area contributed by atoms with Crippen LogP contribution < -0.4 is 16.0 Å². The minimum atomic E-state index is -0.547. The Labute approximate surface area is 257 Å². The van der Waals surface area contributed by atoms with E-state index in [2.05, 4.69) is 16.0 Å². The maximum absolute atomic E-state index is 13.4. The lowest BCUT2D eigenvalue weighted by molar-refractivity contribution is -0.384. The van der Waals surface area contributed by atoms with E-state index in [9.17, 15) is 24.5 Å². The van der Waals surface area contributed by atoms with Gasteiger partial charge in [0.1, 0.15) is 5.70 Å². The van der Waals surface area contributed by atoms with Crippen molar-refractivity contribution in [2.75, 3.05) is 10.6 Å². The van der Waals surface area contributed by atoms with E-state index in [1.54, 1.807) is 72.8 Å². The minimum Gasteiger partial charge on any atom is -0.325 e. The van der Waals surface area contributed by atoms with Crippen LogP contribution in [0.2, 0.25) is 5.02 Å². The average Bonchev–Trinajstić information content (AvgIpc) is 3.00. The van der Waals surface area contributed by atoms with Gasteiger partial charge in [-0.25, -0.2) is 0 Å². The van der Waals surface area contributed by atoms with Crippen LogP contribution in [-0.2, 0) is 9.59 Å². The van der Waals surface area contributed by atoms with Gasteiger partial charge in [0.2, 0.25) is 5.91 Å². The second-order valence-corrected chi connectivity index (χ2v) is 10.9. The Morgan fingerprint density at radius 2 is 1.60 bits per heavy atom. The van der Waals surface area contributed by atoms with Gasteiger partial charge in [0, 0.05) is 39.0 Å². The lowest BCUT2D eigenvalue weighted by Gasteiger charge is -2.16. The van der Waals surface area contributed by atoms with Crippen LogP contribution in [0.15, 0.2) is 114 Å². The van der Waals surface area contributed by atoms with E-state index in [-0.39, 0.29) is 17.3 Å². The fourth-order valence-corrected chi connectivity index (χ4v) is 5.14. The first-order valence-electron chi connectivity index (χ1n) is 13.2. The molecule has 0 radical (unpaired) electrons. The van der Waals surface area contributed by atoms with Crippen LogP contribution in [-0.4, -0.2) is 27.9 Å². The molecule has 3 N–H and O–H groups in total. The van der Waals surface area contributed by atoms with Gasteiger partial charge in [0.25, 0.3) is 17.5 Å². The molecule has 0 saturated carbocycles.